The number of terminal acetylenes is 1. The number of H-pyrrole nitrogens is 1. The zero-order chi connectivity index (χ0) is 13.0. The highest BCUT2D eigenvalue weighted by Gasteiger charge is 2.09. The quantitative estimate of drug-likeness (QED) is 0.754. The van der Waals surface area contributed by atoms with Crippen molar-refractivity contribution < 1.29 is 4.79 Å². The van der Waals surface area contributed by atoms with Gasteiger partial charge in [-0.1, -0.05) is 24.1 Å². The molecule has 0 saturated heterocycles. The van der Waals surface area contributed by atoms with Crippen LogP contribution in [0.25, 0.3) is 10.8 Å². The Balaban J connectivity index is 2.35. The minimum absolute atomic E-state index is 0.0823. The molecule has 0 spiro atoms. The molecule has 2 rings (SSSR count). The summed E-state index contributed by atoms with van der Waals surface area (Å²) in [6.45, 7) is 0.181. The van der Waals surface area contributed by atoms with E-state index < -0.39 is 0 Å². The molecule has 5 nitrogen and oxygen atoms in total. The van der Waals surface area contributed by atoms with E-state index in [9.17, 15) is 9.59 Å². The van der Waals surface area contributed by atoms with E-state index in [0.717, 1.165) is 0 Å². The van der Waals surface area contributed by atoms with Gasteiger partial charge in [-0.15, -0.1) is 6.42 Å². The van der Waals surface area contributed by atoms with Crippen LogP contribution in [0.4, 0.5) is 0 Å². The molecule has 0 unspecified atom stereocenters. The van der Waals surface area contributed by atoms with Crippen molar-refractivity contribution in [1.29, 1.82) is 0 Å². The highest BCUT2D eigenvalue weighted by molar-refractivity contribution is 5.88. The molecule has 18 heavy (non-hydrogen) atoms. The van der Waals surface area contributed by atoms with Crippen molar-refractivity contribution >= 4 is 16.7 Å². The number of hydrogen-bond acceptors (Lipinski definition) is 3. The molecule has 1 heterocycles. The Bertz CT molecular complexity index is 682. The fourth-order valence-corrected chi connectivity index (χ4v) is 1.67. The molecule has 0 aliphatic rings. The molecule has 0 fully saturated rings. The summed E-state index contributed by atoms with van der Waals surface area (Å²) >= 11 is 0. The maximum atomic E-state index is 11.6. The summed E-state index contributed by atoms with van der Waals surface area (Å²) in [6, 6.07) is 7.02. The van der Waals surface area contributed by atoms with Crippen LogP contribution < -0.4 is 10.9 Å². The summed E-state index contributed by atoms with van der Waals surface area (Å²) in [5, 5.41) is 10.0. The normalized spacial score (nSPS) is 9.94. The van der Waals surface area contributed by atoms with Gasteiger partial charge in [0.2, 0.25) is 5.91 Å². The van der Waals surface area contributed by atoms with Crippen LogP contribution in [-0.4, -0.2) is 22.6 Å². The van der Waals surface area contributed by atoms with Crippen LogP contribution >= 0.6 is 0 Å². The number of aromatic nitrogens is 2. The van der Waals surface area contributed by atoms with Crippen LogP contribution in [0.5, 0.6) is 0 Å². The van der Waals surface area contributed by atoms with Crippen LogP contribution in [0.1, 0.15) is 5.69 Å². The van der Waals surface area contributed by atoms with Gasteiger partial charge in [-0.25, -0.2) is 5.10 Å². The number of aromatic amines is 1. The maximum Gasteiger partial charge on any atom is 0.272 e. The summed E-state index contributed by atoms with van der Waals surface area (Å²) in [4.78, 5) is 23.1. The molecule has 1 amide bonds. The standard InChI is InChI=1S/C13H11N3O2/c1-2-7-14-12(17)8-11-9-5-3-4-6-10(9)13(18)16-15-11/h1,3-6H,7-8H2,(H,14,17)(H,16,18). The van der Waals surface area contributed by atoms with Gasteiger partial charge in [0.25, 0.3) is 5.56 Å². The van der Waals surface area contributed by atoms with Gasteiger partial charge in [0, 0.05) is 5.39 Å². The lowest BCUT2D eigenvalue weighted by Crippen LogP contribution is -2.26. The van der Waals surface area contributed by atoms with E-state index in [1.165, 1.54) is 0 Å². The first-order chi connectivity index (χ1) is 8.72. The molecule has 0 aliphatic heterocycles. The first kappa shape index (κ1) is 11.9. The number of carbonyl (C=O) groups excluding carboxylic acids is 1. The van der Waals surface area contributed by atoms with Crippen LogP contribution in [0, 0.1) is 12.3 Å². The van der Waals surface area contributed by atoms with E-state index in [0.29, 0.717) is 16.5 Å². The average molecular weight is 241 g/mol. The fourth-order valence-electron chi connectivity index (χ4n) is 1.67. The largest absolute Gasteiger partial charge is 0.345 e. The van der Waals surface area contributed by atoms with Crippen LogP contribution in [0.3, 0.4) is 0 Å². The van der Waals surface area contributed by atoms with E-state index in [4.69, 9.17) is 6.42 Å². The third-order valence-corrected chi connectivity index (χ3v) is 2.49. The van der Waals surface area contributed by atoms with Gasteiger partial charge in [0.05, 0.1) is 24.0 Å². The van der Waals surface area contributed by atoms with E-state index in [1.807, 2.05) is 0 Å². The minimum Gasteiger partial charge on any atom is -0.345 e. The van der Waals surface area contributed by atoms with Crippen LogP contribution in [0.15, 0.2) is 29.1 Å². The van der Waals surface area contributed by atoms with Crippen molar-refractivity contribution in [3.8, 4) is 12.3 Å². The molecule has 0 bridgehead atoms. The molecule has 2 N–H and O–H groups in total. The van der Waals surface area contributed by atoms with Crippen LogP contribution in [-0.2, 0) is 11.2 Å². The van der Waals surface area contributed by atoms with Crippen molar-refractivity contribution in [1.82, 2.24) is 15.5 Å². The van der Waals surface area contributed by atoms with Crippen LogP contribution in [0.2, 0.25) is 0 Å². The lowest BCUT2D eigenvalue weighted by atomic mass is 10.1. The Hall–Kier alpha value is -2.61. The highest BCUT2D eigenvalue weighted by atomic mass is 16.1. The summed E-state index contributed by atoms with van der Waals surface area (Å²) in [7, 11) is 0. The minimum atomic E-state index is -0.265. The molecule has 1 aromatic heterocycles. The predicted octanol–water partition coefficient (Wildman–Crippen LogP) is 0.215. The molecule has 0 atom stereocenters. The Labute approximate surface area is 103 Å². The Morgan fingerprint density at radius 3 is 2.83 bits per heavy atom. The Morgan fingerprint density at radius 1 is 1.39 bits per heavy atom. The van der Waals surface area contributed by atoms with Gasteiger partial charge in [-0.2, -0.15) is 5.10 Å². The number of fused-ring (bicyclic) bond motifs is 1. The molecule has 5 heteroatoms. The van der Waals surface area contributed by atoms with Crippen molar-refractivity contribution in [2.75, 3.05) is 6.54 Å². The molecule has 90 valence electrons. The van der Waals surface area contributed by atoms with Gasteiger partial charge in [-0.3, -0.25) is 9.59 Å². The number of nitrogens with zero attached hydrogens (tertiary/aromatic N) is 1. The van der Waals surface area contributed by atoms with Gasteiger partial charge in [0.1, 0.15) is 0 Å². The second-order valence-electron chi connectivity index (χ2n) is 3.70. The highest BCUT2D eigenvalue weighted by Crippen LogP contribution is 2.12. The summed E-state index contributed by atoms with van der Waals surface area (Å²) in [5.41, 5.74) is 0.262. The first-order valence-electron chi connectivity index (χ1n) is 5.39. The third kappa shape index (κ3) is 2.38. The van der Waals surface area contributed by atoms with Gasteiger partial charge in [0.15, 0.2) is 0 Å². The zero-order valence-corrected chi connectivity index (χ0v) is 9.56. The topological polar surface area (TPSA) is 74.8 Å². The van der Waals surface area contributed by atoms with Crippen molar-refractivity contribution in [2.45, 2.75) is 6.42 Å². The summed E-state index contributed by atoms with van der Waals surface area (Å²) < 4.78 is 0. The van der Waals surface area contributed by atoms with Gasteiger partial charge >= 0.3 is 0 Å². The lowest BCUT2D eigenvalue weighted by Gasteiger charge is -2.04. The number of rotatable bonds is 3. The van der Waals surface area contributed by atoms with E-state index in [1.54, 1.807) is 24.3 Å². The number of amides is 1. The zero-order valence-electron chi connectivity index (χ0n) is 9.56. The maximum absolute atomic E-state index is 11.6. The third-order valence-electron chi connectivity index (χ3n) is 2.49. The fraction of sp³-hybridized carbons (Fsp3) is 0.154. The monoisotopic (exact) mass is 241 g/mol. The van der Waals surface area contributed by atoms with E-state index >= 15 is 0 Å². The molecule has 0 aliphatic carbocycles. The molecular weight excluding hydrogens is 230 g/mol. The number of hydrogen-bond donors (Lipinski definition) is 2. The summed E-state index contributed by atoms with van der Waals surface area (Å²) in [5.74, 6) is 2.10. The lowest BCUT2D eigenvalue weighted by molar-refractivity contribution is -0.120. The van der Waals surface area contributed by atoms with Crippen molar-refractivity contribution in [3.05, 3.63) is 40.3 Å². The first-order valence-corrected chi connectivity index (χ1v) is 5.39. The molecular formula is C13H11N3O2. The molecule has 0 saturated carbocycles. The van der Waals surface area contributed by atoms with Gasteiger partial charge in [-0.05, 0) is 6.07 Å². The Kier molecular flexibility index (Phi) is 3.39. The smallest absolute Gasteiger partial charge is 0.272 e. The molecule has 1 aromatic carbocycles. The molecule has 2 aromatic rings. The Morgan fingerprint density at radius 2 is 2.11 bits per heavy atom. The SMILES string of the molecule is C#CCNC(=O)Cc1n[nH]c(=O)c2ccccc12. The average Bonchev–Trinajstić information content (AvgIpc) is 2.40. The van der Waals surface area contributed by atoms with E-state index in [2.05, 4.69) is 21.4 Å². The number of benzene rings is 1. The van der Waals surface area contributed by atoms with E-state index in [-0.39, 0.29) is 24.4 Å². The number of carbonyl (C=O) groups is 1. The molecule has 0 radical (unpaired) electrons. The second-order valence-corrected chi connectivity index (χ2v) is 3.70. The summed E-state index contributed by atoms with van der Waals surface area (Å²) in [6.07, 6.45) is 5.14. The number of nitrogens with one attached hydrogen (secondary N) is 2. The predicted molar refractivity (Wildman–Crippen MR) is 67.9 cm³/mol. The van der Waals surface area contributed by atoms with Crippen molar-refractivity contribution in [3.63, 3.8) is 0 Å². The van der Waals surface area contributed by atoms with Crippen molar-refractivity contribution in [2.24, 2.45) is 0 Å². The second kappa shape index (κ2) is 5.15. The van der Waals surface area contributed by atoms with Gasteiger partial charge < -0.3 is 5.32 Å².